The zero-order valence-electron chi connectivity index (χ0n) is 13.6. The lowest BCUT2D eigenvalue weighted by Gasteiger charge is -2.32. The van der Waals surface area contributed by atoms with Crippen LogP contribution < -0.4 is 5.32 Å². The number of nitrogens with one attached hydrogen (secondary N) is 1. The van der Waals surface area contributed by atoms with Crippen molar-refractivity contribution in [2.45, 2.75) is 51.3 Å². The van der Waals surface area contributed by atoms with E-state index in [1.54, 1.807) is 11.3 Å². The molecule has 0 aliphatic carbocycles. The standard InChI is InChI=1S/C17H23N3O2S/c1-3-20-11-13(10-18-20)16-14(6-4-8-22-16)19-17(21)12(2)15-7-5-9-23-15/h5,7,9-12,14,16H,3-4,6,8H2,1-2H3,(H,19,21)/t12-,14+,16-/m1/s1. The summed E-state index contributed by atoms with van der Waals surface area (Å²) in [5.74, 6) is -0.0632. The van der Waals surface area contributed by atoms with Crippen LogP contribution in [0.4, 0.5) is 0 Å². The van der Waals surface area contributed by atoms with E-state index in [4.69, 9.17) is 4.74 Å². The molecule has 3 rings (SSSR count). The third kappa shape index (κ3) is 3.64. The van der Waals surface area contributed by atoms with Gasteiger partial charge in [-0.1, -0.05) is 6.07 Å². The molecular formula is C17H23N3O2S. The predicted octanol–water partition coefficient (Wildman–Crippen LogP) is 3.10. The van der Waals surface area contributed by atoms with Gasteiger partial charge in [-0.2, -0.15) is 5.10 Å². The molecule has 1 amide bonds. The van der Waals surface area contributed by atoms with Gasteiger partial charge in [0.15, 0.2) is 0 Å². The molecule has 0 unspecified atom stereocenters. The number of carbonyl (C=O) groups is 1. The van der Waals surface area contributed by atoms with Gasteiger partial charge in [0.2, 0.25) is 5.91 Å². The van der Waals surface area contributed by atoms with Crippen molar-refractivity contribution in [2.75, 3.05) is 6.61 Å². The van der Waals surface area contributed by atoms with Gasteiger partial charge in [-0.15, -0.1) is 11.3 Å². The Kier molecular flexibility index (Phi) is 5.13. The number of aryl methyl sites for hydroxylation is 1. The molecule has 6 heteroatoms. The minimum absolute atomic E-state index is 0.00756. The average Bonchev–Trinajstić information content (AvgIpc) is 3.26. The third-order valence-electron chi connectivity index (χ3n) is 4.32. The number of amides is 1. The molecule has 3 atom stereocenters. The van der Waals surface area contributed by atoms with Crippen molar-refractivity contribution in [1.29, 1.82) is 0 Å². The SMILES string of the molecule is CCn1cc([C@H]2OCCC[C@@H]2NC(=O)[C@H](C)c2cccs2)cn1. The van der Waals surface area contributed by atoms with Crippen LogP contribution in [0.1, 0.15) is 49.2 Å². The van der Waals surface area contributed by atoms with E-state index in [1.807, 2.05) is 41.5 Å². The molecule has 0 spiro atoms. The maximum atomic E-state index is 12.6. The van der Waals surface area contributed by atoms with Crippen LogP contribution in [0.3, 0.4) is 0 Å². The maximum Gasteiger partial charge on any atom is 0.228 e. The lowest BCUT2D eigenvalue weighted by Crippen LogP contribution is -2.44. The second-order valence-electron chi connectivity index (χ2n) is 5.92. The van der Waals surface area contributed by atoms with E-state index in [0.29, 0.717) is 0 Å². The number of hydrogen-bond acceptors (Lipinski definition) is 4. The fourth-order valence-corrected chi connectivity index (χ4v) is 3.71. The molecule has 1 N–H and O–H groups in total. The van der Waals surface area contributed by atoms with Crippen molar-refractivity contribution in [2.24, 2.45) is 0 Å². The molecule has 0 radical (unpaired) electrons. The Bertz CT molecular complexity index is 638. The molecular weight excluding hydrogens is 310 g/mol. The number of rotatable bonds is 5. The second-order valence-corrected chi connectivity index (χ2v) is 6.89. The predicted molar refractivity (Wildman–Crippen MR) is 90.5 cm³/mol. The maximum absolute atomic E-state index is 12.6. The van der Waals surface area contributed by atoms with Gasteiger partial charge >= 0.3 is 0 Å². The van der Waals surface area contributed by atoms with Crippen LogP contribution in [0.2, 0.25) is 0 Å². The Morgan fingerprint density at radius 3 is 3.17 bits per heavy atom. The van der Waals surface area contributed by atoms with Gasteiger partial charge in [0, 0.05) is 29.8 Å². The van der Waals surface area contributed by atoms with Crippen molar-refractivity contribution >= 4 is 17.2 Å². The lowest BCUT2D eigenvalue weighted by atomic mass is 9.97. The molecule has 0 saturated carbocycles. The summed E-state index contributed by atoms with van der Waals surface area (Å²) < 4.78 is 7.83. The summed E-state index contributed by atoms with van der Waals surface area (Å²) in [5.41, 5.74) is 1.04. The first-order valence-electron chi connectivity index (χ1n) is 8.16. The minimum atomic E-state index is -0.129. The summed E-state index contributed by atoms with van der Waals surface area (Å²) in [7, 11) is 0. The van der Waals surface area contributed by atoms with Crippen LogP contribution >= 0.6 is 11.3 Å². The first-order chi connectivity index (χ1) is 11.2. The number of ether oxygens (including phenoxy) is 1. The fraction of sp³-hybridized carbons (Fsp3) is 0.529. The lowest BCUT2D eigenvalue weighted by molar-refractivity contribution is -0.125. The van der Waals surface area contributed by atoms with E-state index in [1.165, 1.54) is 0 Å². The largest absolute Gasteiger partial charge is 0.371 e. The van der Waals surface area contributed by atoms with Crippen LogP contribution in [0.15, 0.2) is 29.9 Å². The number of nitrogens with zero attached hydrogens (tertiary/aromatic N) is 2. The van der Waals surface area contributed by atoms with E-state index in [2.05, 4.69) is 17.3 Å². The van der Waals surface area contributed by atoms with E-state index < -0.39 is 0 Å². The summed E-state index contributed by atoms with van der Waals surface area (Å²) in [6.45, 7) is 5.57. The van der Waals surface area contributed by atoms with Gasteiger partial charge in [-0.3, -0.25) is 9.48 Å². The van der Waals surface area contributed by atoms with Crippen molar-refractivity contribution in [3.63, 3.8) is 0 Å². The normalized spacial score (nSPS) is 22.7. The summed E-state index contributed by atoms with van der Waals surface area (Å²) in [6, 6.07) is 4.00. The highest BCUT2D eigenvalue weighted by atomic mass is 32.1. The van der Waals surface area contributed by atoms with Gasteiger partial charge in [0.25, 0.3) is 0 Å². The van der Waals surface area contributed by atoms with E-state index in [-0.39, 0.29) is 24.0 Å². The molecule has 0 bridgehead atoms. The molecule has 1 aliphatic heterocycles. The van der Waals surface area contributed by atoms with Crippen LogP contribution in [0, 0.1) is 0 Å². The Morgan fingerprint density at radius 2 is 2.48 bits per heavy atom. The summed E-state index contributed by atoms with van der Waals surface area (Å²) in [5, 5.41) is 9.52. The molecule has 1 saturated heterocycles. The second kappa shape index (κ2) is 7.27. The van der Waals surface area contributed by atoms with Crippen LogP contribution in [0.5, 0.6) is 0 Å². The van der Waals surface area contributed by atoms with Crippen molar-refractivity contribution < 1.29 is 9.53 Å². The molecule has 1 aliphatic rings. The monoisotopic (exact) mass is 333 g/mol. The first-order valence-corrected chi connectivity index (χ1v) is 9.04. The Labute approximate surface area is 140 Å². The van der Waals surface area contributed by atoms with Crippen LogP contribution in [-0.2, 0) is 16.1 Å². The van der Waals surface area contributed by atoms with Crippen molar-refractivity contribution in [3.8, 4) is 0 Å². The topological polar surface area (TPSA) is 56.1 Å². The summed E-state index contributed by atoms with van der Waals surface area (Å²) >= 11 is 1.62. The van der Waals surface area contributed by atoms with Gasteiger partial charge in [-0.25, -0.2) is 0 Å². The quantitative estimate of drug-likeness (QED) is 0.915. The fourth-order valence-electron chi connectivity index (χ4n) is 2.93. The highest BCUT2D eigenvalue weighted by Gasteiger charge is 2.31. The van der Waals surface area contributed by atoms with E-state index in [0.717, 1.165) is 36.4 Å². The third-order valence-corrected chi connectivity index (χ3v) is 5.37. The van der Waals surface area contributed by atoms with Crippen LogP contribution in [-0.4, -0.2) is 28.3 Å². The van der Waals surface area contributed by atoms with Crippen LogP contribution in [0.25, 0.3) is 0 Å². The number of thiophene rings is 1. The smallest absolute Gasteiger partial charge is 0.228 e. The Morgan fingerprint density at radius 1 is 1.61 bits per heavy atom. The van der Waals surface area contributed by atoms with Crippen molar-refractivity contribution in [1.82, 2.24) is 15.1 Å². The van der Waals surface area contributed by atoms with Gasteiger partial charge in [0.05, 0.1) is 18.2 Å². The first kappa shape index (κ1) is 16.2. The Balaban J connectivity index is 1.70. The molecule has 0 aromatic carbocycles. The molecule has 3 heterocycles. The summed E-state index contributed by atoms with van der Waals surface area (Å²) in [4.78, 5) is 13.7. The molecule has 2 aromatic rings. The Hall–Kier alpha value is -1.66. The highest BCUT2D eigenvalue weighted by Crippen LogP contribution is 2.29. The van der Waals surface area contributed by atoms with E-state index in [9.17, 15) is 4.79 Å². The highest BCUT2D eigenvalue weighted by molar-refractivity contribution is 7.10. The van der Waals surface area contributed by atoms with Gasteiger partial charge in [0.1, 0.15) is 6.10 Å². The van der Waals surface area contributed by atoms with Gasteiger partial charge in [-0.05, 0) is 38.1 Å². The number of hydrogen-bond donors (Lipinski definition) is 1. The molecule has 1 fully saturated rings. The number of aromatic nitrogens is 2. The minimum Gasteiger partial charge on any atom is -0.371 e. The molecule has 124 valence electrons. The number of carbonyl (C=O) groups excluding carboxylic acids is 1. The molecule has 23 heavy (non-hydrogen) atoms. The van der Waals surface area contributed by atoms with Gasteiger partial charge < -0.3 is 10.1 Å². The van der Waals surface area contributed by atoms with Crippen molar-refractivity contribution in [3.05, 3.63) is 40.3 Å². The zero-order valence-corrected chi connectivity index (χ0v) is 14.4. The average molecular weight is 333 g/mol. The zero-order chi connectivity index (χ0) is 16.2. The summed E-state index contributed by atoms with van der Waals surface area (Å²) in [6.07, 6.45) is 5.66. The van der Waals surface area contributed by atoms with E-state index >= 15 is 0 Å². The molecule has 5 nitrogen and oxygen atoms in total. The molecule has 2 aromatic heterocycles.